The van der Waals surface area contributed by atoms with Gasteiger partial charge in [0.1, 0.15) is 0 Å². The molecule has 1 amide bonds. The van der Waals surface area contributed by atoms with Crippen LogP contribution < -0.4 is 5.32 Å². The number of carboxylic acid groups (broad SMARTS) is 1. The van der Waals surface area contributed by atoms with Gasteiger partial charge < -0.3 is 19.9 Å². The molecule has 1 fully saturated rings. The van der Waals surface area contributed by atoms with E-state index in [1.54, 1.807) is 11.9 Å². The molecule has 2 aromatic rings. The van der Waals surface area contributed by atoms with Gasteiger partial charge in [-0.1, -0.05) is 18.2 Å². The topological polar surface area (TPSA) is 74.6 Å². The van der Waals surface area contributed by atoms with E-state index in [-0.39, 0.29) is 25.3 Å². The summed E-state index contributed by atoms with van der Waals surface area (Å²) in [6, 6.07) is 6.63. The molecule has 0 saturated carbocycles. The van der Waals surface area contributed by atoms with Crippen molar-refractivity contribution in [1.29, 1.82) is 0 Å². The van der Waals surface area contributed by atoms with E-state index in [1.165, 1.54) is 0 Å². The second-order valence-corrected chi connectivity index (χ2v) is 7.01. The second-order valence-electron chi connectivity index (χ2n) is 7.01. The van der Waals surface area contributed by atoms with Crippen LogP contribution in [0.5, 0.6) is 0 Å². The number of benzene rings is 1. The standard InChI is InChI=1S/C18H21F2N3O.CH2O2/c1-22-10-8-15(18(19,20)11-22)21-17(24)16-12-5-2-3-6-13(12)23-9-4-7-14(16)23;2-1-3/h2-3,5-6,15H,4,7-11H2,1H3,(H,21,24);1H,(H,2,3). The van der Waals surface area contributed by atoms with Gasteiger partial charge in [-0.2, -0.15) is 0 Å². The summed E-state index contributed by atoms with van der Waals surface area (Å²) in [7, 11) is 1.68. The van der Waals surface area contributed by atoms with Crippen LogP contribution in [0.2, 0.25) is 0 Å². The van der Waals surface area contributed by atoms with Gasteiger partial charge in [-0.3, -0.25) is 9.59 Å². The van der Waals surface area contributed by atoms with Crippen molar-refractivity contribution >= 4 is 23.3 Å². The summed E-state index contributed by atoms with van der Waals surface area (Å²) in [4.78, 5) is 22.8. The maximum absolute atomic E-state index is 14.2. The van der Waals surface area contributed by atoms with E-state index in [0.717, 1.165) is 36.0 Å². The molecule has 1 saturated heterocycles. The molecule has 4 rings (SSSR count). The number of alkyl halides is 2. The number of piperidine rings is 1. The fourth-order valence-corrected chi connectivity index (χ4v) is 4.05. The molecule has 0 radical (unpaired) electrons. The lowest BCUT2D eigenvalue weighted by Crippen LogP contribution is -2.57. The molecular weight excluding hydrogens is 356 g/mol. The number of hydrogen-bond donors (Lipinski definition) is 2. The summed E-state index contributed by atoms with van der Waals surface area (Å²) in [5.41, 5.74) is 2.58. The van der Waals surface area contributed by atoms with Crippen LogP contribution in [0.15, 0.2) is 24.3 Å². The average Bonchev–Trinajstić information content (AvgIpc) is 3.18. The Morgan fingerprint density at radius 1 is 1.33 bits per heavy atom. The van der Waals surface area contributed by atoms with Crippen molar-refractivity contribution in [2.24, 2.45) is 0 Å². The number of hydrogen-bond acceptors (Lipinski definition) is 3. The smallest absolute Gasteiger partial charge is 0.290 e. The average molecular weight is 379 g/mol. The number of nitrogens with one attached hydrogen (secondary N) is 1. The minimum Gasteiger partial charge on any atom is -0.483 e. The van der Waals surface area contributed by atoms with E-state index in [1.807, 2.05) is 24.3 Å². The molecule has 8 heteroatoms. The maximum Gasteiger partial charge on any atom is 0.290 e. The first-order valence-electron chi connectivity index (χ1n) is 8.94. The molecule has 1 unspecified atom stereocenters. The molecule has 0 spiro atoms. The van der Waals surface area contributed by atoms with Crippen LogP contribution in [0.1, 0.15) is 28.9 Å². The molecule has 0 aliphatic carbocycles. The van der Waals surface area contributed by atoms with Crippen molar-refractivity contribution in [1.82, 2.24) is 14.8 Å². The number of rotatable bonds is 2. The summed E-state index contributed by atoms with van der Waals surface area (Å²) in [5.74, 6) is -3.27. The lowest BCUT2D eigenvalue weighted by Gasteiger charge is -2.36. The predicted octanol–water partition coefficient (Wildman–Crippen LogP) is 2.36. The van der Waals surface area contributed by atoms with E-state index in [9.17, 15) is 13.6 Å². The third kappa shape index (κ3) is 3.66. The molecule has 1 aromatic carbocycles. The highest BCUT2D eigenvalue weighted by Gasteiger charge is 2.44. The number of aryl methyl sites for hydroxylation is 1. The molecule has 3 heterocycles. The molecule has 2 N–H and O–H groups in total. The number of fused-ring (bicyclic) bond motifs is 3. The van der Waals surface area contributed by atoms with Crippen LogP contribution in [0.3, 0.4) is 0 Å². The van der Waals surface area contributed by atoms with Gasteiger partial charge in [-0.15, -0.1) is 0 Å². The Morgan fingerprint density at radius 2 is 2.04 bits per heavy atom. The third-order valence-electron chi connectivity index (χ3n) is 5.20. The molecule has 6 nitrogen and oxygen atoms in total. The minimum absolute atomic E-state index is 0.250. The fraction of sp³-hybridized carbons (Fsp3) is 0.474. The molecule has 0 bridgehead atoms. The number of para-hydroxylation sites is 1. The normalized spacial score (nSPS) is 21.2. The second kappa shape index (κ2) is 7.64. The van der Waals surface area contributed by atoms with Gasteiger partial charge in [0.2, 0.25) is 0 Å². The fourth-order valence-electron chi connectivity index (χ4n) is 4.05. The van der Waals surface area contributed by atoms with Crippen molar-refractivity contribution in [2.75, 3.05) is 20.1 Å². The van der Waals surface area contributed by atoms with Gasteiger partial charge in [0.15, 0.2) is 0 Å². The molecule has 1 atom stereocenters. The Bertz CT molecular complexity index is 850. The Balaban J connectivity index is 0.000000659. The van der Waals surface area contributed by atoms with Gasteiger partial charge in [-0.25, -0.2) is 8.78 Å². The third-order valence-corrected chi connectivity index (χ3v) is 5.20. The number of amides is 1. The number of likely N-dealkylation sites (tertiary alicyclic amines) is 1. The van der Waals surface area contributed by atoms with Gasteiger partial charge in [0.25, 0.3) is 18.3 Å². The Morgan fingerprint density at radius 3 is 2.74 bits per heavy atom. The van der Waals surface area contributed by atoms with E-state index in [0.29, 0.717) is 12.1 Å². The van der Waals surface area contributed by atoms with Crippen LogP contribution in [-0.2, 0) is 17.8 Å². The lowest BCUT2D eigenvalue weighted by atomic mass is 10.00. The van der Waals surface area contributed by atoms with Crippen LogP contribution in [0.4, 0.5) is 8.78 Å². The SMILES string of the molecule is CN1CCC(NC(=O)c2c3n(c4ccccc24)CCC3)C(F)(F)C1.O=CO. The highest BCUT2D eigenvalue weighted by atomic mass is 19.3. The van der Waals surface area contributed by atoms with Crippen LogP contribution >= 0.6 is 0 Å². The summed E-state index contributed by atoms with van der Waals surface area (Å²) in [6.45, 7) is 0.884. The molecular formula is C19H23F2N3O3. The van der Waals surface area contributed by atoms with Crippen LogP contribution in [-0.4, -0.2) is 59.1 Å². The molecule has 146 valence electrons. The van der Waals surface area contributed by atoms with Gasteiger partial charge in [0.05, 0.1) is 18.2 Å². The van der Waals surface area contributed by atoms with Crippen LogP contribution in [0.25, 0.3) is 10.9 Å². The first-order chi connectivity index (χ1) is 12.9. The summed E-state index contributed by atoms with van der Waals surface area (Å²) >= 11 is 0. The van der Waals surface area contributed by atoms with Crippen molar-refractivity contribution in [3.05, 3.63) is 35.5 Å². The van der Waals surface area contributed by atoms with Gasteiger partial charge in [-0.05, 0) is 32.4 Å². The number of halogens is 2. The Labute approximate surface area is 155 Å². The quantitative estimate of drug-likeness (QED) is 0.786. The number of carbonyl (C=O) groups excluding carboxylic acids is 1. The van der Waals surface area contributed by atoms with Crippen LogP contribution in [0, 0.1) is 0 Å². The van der Waals surface area contributed by atoms with E-state index >= 15 is 0 Å². The highest BCUT2D eigenvalue weighted by molar-refractivity contribution is 6.08. The van der Waals surface area contributed by atoms with E-state index in [2.05, 4.69) is 9.88 Å². The summed E-state index contributed by atoms with van der Waals surface area (Å²) in [6.07, 6.45) is 2.08. The Hall–Kier alpha value is -2.48. The lowest BCUT2D eigenvalue weighted by molar-refractivity contribution is -0.122. The molecule has 1 aromatic heterocycles. The number of carbonyl (C=O) groups is 2. The van der Waals surface area contributed by atoms with Crippen molar-refractivity contribution in [3.8, 4) is 0 Å². The van der Waals surface area contributed by atoms with Crippen molar-refractivity contribution in [3.63, 3.8) is 0 Å². The molecule has 2 aliphatic rings. The maximum atomic E-state index is 14.2. The number of nitrogens with zero attached hydrogens (tertiary/aromatic N) is 2. The zero-order valence-electron chi connectivity index (χ0n) is 15.1. The first-order valence-corrected chi connectivity index (χ1v) is 8.94. The monoisotopic (exact) mass is 379 g/mol. The predicted molar refractivity (Wildman–Crippen MR) is 97.3 cm³/mol. The molecule has 27 heavy (non-hydrogen) atoms. The number of aromatic nitrogens is 1. The van der Waals surface area contributed by atoms with Crippen molar-refractivity contribution < 1.29 is 23.5 Å². The zero-order valence-corrected chi connectivity index (χ0v) is 15.1. The zero-order chi connectivity index (χ0) is 19.6. The van der Waals surface area contributed by atoms with Gasteiger partial charge in [0, 0.05) is 29.7 Å². The highest BCUT2D eigenvalue weighted by Crippen LogP contribution is 2.32. The van der Waals surface area contributed by atoms with E-state index < -0.39 is 12.0 Å². The first kappa shape index (κ1) is 19.3. The van der Waals surface area contributed by atoms with E-state index in [4.69, 9.17) is 9.90 Å². The molecule has 2 aliphatic heterocycles. The van der Waals surface area contributed by atoms with Crippen molar-refractivity contribution in [2.45, 2.75) is 37.8 Å². The summed E-state index contributed by atoms with van der Waals surface area (Å²) < 4.78 is 30.6. The van der Waals surface area contributed by atoms with Gasteiger partial charge >= 0.3 is 0 Å². The minimum atomic E-state index is -2.90. The summed E-state index contributed by atoms with van der Waals surface area (Å²) in [5, 5.41) is 10.4. The largest absolute Gasteiger partial charge is 0.483 e. The Kier molecular flexibility index (Phi) is 5.46.